The predicted octanol–water partition coefficient (Wildman–Crippen LogP) is 3.24. The molecule has 0 radical (unpaired) electrons. The fourth-order valence-electron chi connectivity index (χ4n) is 3.37. The summed E-state index contributed by atoms with van der Waals surface area (Å²) in [6, 6.07) is 15.6. The minimum atomic E-state index is -3.19. The van der Waals surface area contributed by atoms with E-state index >= 15 is 0 Å². The summed E-state index contributed by atoms with van der Waals surface area (Å²) >= 11 is 0. The van der Waals surface area contributed by atoms with Crippen molar-refractivity contribution < 1.29 is 17.6 Å². The van der Waals surface area contributed by atoms with E-state index in [0.717, 1.165) is 16.8 Å². The molecule has 2 heterocycles. The van der Waals surface area contributed by atoms with E-state index in [0.29, 0.717) is 5.69 Å². The first-order chi connectivity index (χ1) is 14.4. The molecule has 3 aromatic rings. The predicted molar refractivity (Wildman–Crippen MR) is 112 cm³/mol. The molecule has 8 heteroatoms. The van der Waals surface area contributed by atoms with Crippen LogP contribution in [0.5, 0.6) is 0 Å². The van der Waals surface area contributed by atoms with E-state index in [4.69, 9.17) is 0 Å². The molecule has 30 heavy (non-hydrogen) atoms. The number of allylic oxidation sites excluding steroid dienone is 1. The lowest BCUT2D eigenvalue weighted by Gasteiger charge is -2.08. The number of sulfone groups is 1. The van der Waals surface area contributed by atoms with E-state index in [2.05, 4.69) is 10.4 Å². The molecule has 0 spiro atoms. The summed E-state index contributed by atoms with van der Waals surface area (Å²) in [7, 11) is -3.19. The molecule has 1 aliphatic rings. The lowest BCUT2D eigenvalue weighted by molar-refractivity contribution is -0.121. The van der Waals surface area contributed by atoms with Gasteiger partial charge in [-0.05, 0) is 36.4 Å². The second kappa shape index (κ2) is 8.23. The number of benzene rings is 2. The molecule has 1 N–H and O–H groups in total. The fourth-order valence-corrected chi connectivity index (χ4v) is 4.77. The minimum Gasteiger partial charge on any atom is -0.352 e. The van der Waals surface area contributed by atoms with E-state index in [9.17, 15) is 17.6 Å². The Morgan fingerprint density at radius 2 is 1.87 bits per heavy atom. The van der Waals surface area contributed by atoms with Crippen LogP contribution < -0.4 is 5.32 Å². The molecule has 0 bridgehead atoms. The Labute approximate surface area is 174 Å². The molecule has 1 atom stereocenters. The minimum absolute atomic E-state index is 0.0345. The zero-order valence-corrected chi connectivity index (χ0v) is 16.8. The molecule has 6 nitrogen and oxygen atoms in total. The zero-order chi connectivity index (χ0) is 21.1. The number of carbonyl (C=O) groups is 1. The van der Waals surface area contributed by atoms with Gasteiger partial charge in [-0.3, -0.25) is 4.79 Å². The van der Waals surface area contributed by atoms with Crippen LogP contribution in [0.3, 0.4) is 0 Å². The number of carbonyl (C=O) groups excluding carboxylic acids is 1. The monoisotopic (exact) mass is 425 g/mol. The van der Waals surface area contributed by atoms with E-state index in [1.165, 1.54) is 17.5 Å². The first-order valence-electron chi connectivity index (χ1n) is 9.47. The summed E-state index contributed by atoms with van der Waals surface area (Å²) in [6.45, 7) is 0.224. The third-order valence-corrected chi connectivity index (χ3v) is 6.32. The number of hydrogen-bond acceptors (Lipinski definition) is 4. The van der Waals surface area contributed by atoms with Gasteiger partial charge in [-0.15, -0.1) is 0 Å². The first kappa shape index (κ1) is 20.0. The maximum atomic E-state index is 13.3. The van der Waals surface area contributed by atoms with E-state index in [1.54, 1.807) is 22.9 Å². The Morgan fingerprint density at radius 1 is 1.13 bits per heavy atom. The standard InChI is InChI=1S/C22H20FN3O3S/c23-19-8-6-17(7-9-19)22-18(14-26(25-22)20-4-2-1-3-5-20)13-24-21(27)12-16-10-11-30(28,29)15-16/h1-11,14,16H,12-13,15H2,(H,24,27)/t16-/m1/s1. The van der Waals surface area contributed by atoms with Crippen molar-refractivity contribution in [3.63, 3.8) is 0 Å². The van der Waals surface area contributed by atoms with Crippen molar-refractivity contribution in [1.82, 2.24) is 15.1 Å². The van der Waals surface area contributed by atoms with Gasteiger partial charge >= 0.3 is 0 Å². The van der Waals surface area contributed by atoms with Crippen molar-refractivity contribution in [3.05, 3.63) is 83.7 Å². The van der Waals surface area contributed by atoms with Gasteiger partial charge in [-0.2, -0.15) is 5.10 Å². The Hall–Kier alpha value is -3.26. The van der Waals surface area contributed by atoms with Gasteiger partial charge in [0, 0.05) is 41.6 Å². The number of aromatic nitrogens is 2. The SMILES string of the molecule is O=C(C[C@H]1C=CS(=O)(=O)C1)NCc1cn(-c2ccccc2)nc1-c1ccc(F)cc1. The van der Waals surface area contributed by atoms with Gasteiger partial charge < -0.3 is 5.32 Å². The molecule has 1 aliphatic heterocycles. The average Bonchev–Trinajstić information content (AvgIpc) is 3.30. The zero-order valence-electron chi connectivity index (χ0n) is 16.0. The van der Waals surface area contributed by atoms with Crippen LogP contribution in [0.1, 0.15) is 12.0 Å². The van der Waals surface area contributed by atoms with Crippen LogP contribution in [-0.2, 0) is 21.2 Å². The van der Waals surface area contributed by atoms with Crippen LogP contribution in [0.2, 0.25) is 0 Å². The Balaban J connectivity index is 1.54. The molecule has 0 fully saturated rings. The largest absolute Gasteiger partial charge is 0.352 e. The second-order valence-electron chi connectivity index (χ2n) is 7.19. The maximum absolute atomic E-state index is 13.3. The third-order valence-electron chi connectivity index (χ3n) is 4.86. The van der Waals surface area contributed by atoms with Gasteiger partial charge in [0.25, 0.3) is 0 Å². The van der Waals surface area contributed by atoms with Gasteiger partial charge in [0.2, 0.25) is 5.91 Å². The van der Waals surface area contributed by atoms with Gasteiger partial charge in [-0.1, -0.05) is 24.3 Å². The van der Waals surface area contributed by atoms with E-state index in [1.807, 2.05) is 36.5 Å². The van der Waals surface area contributed by atoms with Crippen LogP contribution in [0, 0.1) is 11.7 Å². The molecule has 4 rings (SSSR count). The fraction of sp³-hybridized carbons (Fsp3) is 0.182. The molecule has 0 saturated carbocycles. The molecule has 2 aromatic carbocycles. The van der Waals surface area contributed by atoms with Gasteiger partial charge in [0.1, 0.15) is 5.82 Å². The Bertz CT molecular complexity index is 1190. The molecular formula is C22H20FN3O3S. The van der Waals surface area contributed by atoms with E-state index in [-0.39, 0.29) is 36.4 Å². The van der Waals surface area contributed by atoms with Crippen LogP contribution in [0.4, 0.5) is 4.39 Å². The molecule has 1 aromatic heterocycles. The summed E-state index contributed by atoms with van der Waals surface area (Å²) in [6.07, 6.45) is 3.49. The highest BCUT2D eigenvalue weighted by atomic mass is 32.2. The maximum Gasteiger partial charge on any atom is 0.220 e. The quantitative estimate of drug-likeness (QED) is 0.657. The van der Waals surface area contributed by atoms with Crippen molar-refractivity contribution in [2.24, 2.45) is 5.92 Å². The summed E-state index contributed by atoms with van der Waals surface area (Å²) in [5.41, 5.74) is 3.01. The van der Waals surface area contributed by atoms with Crippen molar-refractivity contribution >= 4 is 15.7 Å². The van der Waals surface area contributed by atoms with Crippen molar-refractivity contribution in [2.45, 2.75) is 13.0 Å². The number of hydrogen-bond donors (Lipinski definition) is 1. The van der Waals surface area contributed by atoms with Crippen LogP contribution in [0.25, 0.3) is 16.9 Å². The average molecular weight is 425 g/mol. The smallest absolute Gasteiger partial charge is 0.220 e. The first-order valence-corrected chi connectivity index (χ1v) is 11.2. The van der Waals surface area contributed by atoms with Gasteiger partial charge in [-0.25, -0.2) is 17.5 Å². The number of halogens is 1. The normalized spacial score (nSPS) is 17.2. The summed E-state index contributed by atoms with van der Waals surface area (Å²) in [5, 5.41) is 8.65. The topological polar surface area (TPSA) is 81.1 Å². The number of nitrogens with one attached hydrogen (secondary N) is 1. The Kier molecular flexibility index (Phi) is 5.50. The molecule has 154 valence electrons. The molecule has 1 amide bonds. The number of rotatable bonds is 6. The highest BCUT2D eigenvalue weighted by molar-refractivity contribution is 7.94. The number of amides is 1. The molecule has 0 unspecified atom stereocenters. The Morgan fingerprint density at radius 3 is 2.53 bits per heavy atom. The highest BCUT2D eigenvalue weighted by Crippen LogP contribution is 2.24. The third kappa shape index (κ3) is 4.65. The second-order valence-corrected chi connectivity index (χ2v) is 9.12. The highest BCUT2D eigenvalue weighted by Gasteiger charge is 2.24. The van der Waals surface area contributed by atoms with Crippen LogP contribution in [0.15, 0.2) is 72.3 Å². The number of para-hydroxylation sites is 1. The molecule has 0 saturated heterocycles. The lowest BCUT2D eigenvalue weighted by atomic mass is 10.1. The lowest BCUT2D eigenvalue weighted by Crippen LogP contribution is -2.25. The number of nitrogens with zero attached hydrogens (tertiary/aromatic N) is 2. The van der Waals surface area contributed by atoms with Crippen molar-refractivity contribution in [2.75, 3.05) is 5.75 Å². The summed E-state index contributed by atoms with van der Waals surface area (Å²) < 4.78 is 38.1. The van der Waals surface area contributed by atoms with Crippen LogP contribution in [-0.4, -0.2) is 29.9 Å². The molecule has 0 aliphatic carbocycles. The van der Waals surface area contributed by atoms with Crippen molar-refractivity contribution in [1.29, 1.82) is 0 Å². The van der Waals surface area contributed by atoms with Crippen molar-refractivity contribution in [3.8, 4) is 16.9 Å². The van der Waals surface area contributed by atoms with Gasteiger partial charge in [0.05, 0.1) is 17.1 Å². The summed E-state index contributed by atoms with van der Waals surface area (Å²) in [4.78, 5) is 12.3. The van der Waals surface area contributed by atoms with E-state index < -0.39 is 9.84 Å². The summed E-state index contributed by atoms with van der Waals surface area (Å²) in [5.74, 6) is -0.916. The van der Waals surface area contributed by atoms with Crippen LogP contribution >= 0.6 is 0 Å². The van der Waals surface area contributed by atoms with Gasteiger partial charge in [0.15, 0.2) is 9.84 Å². The molecular weight excluding hydrogens is 405 g/mol.